The topological polar surface area (TPSA) is 76.7 Å². The number of allylic oxidation sites excluding steroid dienone is 1. The second-order valence-electron chi connectivity index (χ2n) is 7.77. The molecule has 2 heterocycles. The van der Waals surface area contributed by atoms with Gasteiger partial charge in [0.1, 0.15) is 11.6 Å². The molecule has 0 saturated carbocycles. The molecule has 0 spiro atoms. The van der Waals surface area contributed by atoms with Crippen LogP contribution in [0, 0.1) is 5.92 Å². The number of esters is 1. The summed E-state index contributed by atoms with van der Waals surface area (Å²) in [7, 11) is 0. The average molecular weight is 350 g/mol. The first kappa shape index (κ1) is 19.7. The molecule has 2 N–H and O–H groups in total. The van der Waals surface area contributed by atoms with Gasteiger partial charge >= 0.3 is 5.97 Å². The fourth-order valence-electron chi connectivity index (χ4n) is 3.46. The Kier molecular flexibility index (Phi) is 6.06. The number of carbonyl (C=O) groups is 2. The molecule has 1 amide bonds. The first-order chi connectivity index (χ1) is 11.6. The standard InChI is InChI=1S/C19H30N2O4/c1-6-8-14-11-15(17(23)25-18(3,4)5)20-16(14)12-19(21-13(2)22)9-7-10-24-19/h6-9,14-16,20H,10-12H2,1-5H3,(H,21,22)/t14-,15-,16-,19?/m1/s1. The molecule has 2 aliphatic heterocycles. The zero-order valence-corrected chi connectivity index (χ0v) is 15.8. The normalized spacial score (nSPS) is 32.3. The van der Waals surface area contributed by atoms with Crippen LogP contribution in [-0.2, 0) is 19.1 Å². The molecule has 140 valence electrons. The van der Waals surface area contributed by atoms with Gasteiger partial charge in [0.25, 0.3) is 0 Å². The third-order valence-electron chi connectivity index (χ3n) is 4.31. The lowest BCUT2D eigenvalue weighted by molar-refractivity contribution is -0.157. The van der Waals surface area contributed by atoms with Crippen molar-refractivity contribution < 1.29 is 19.1 Å². The number of ether oxygens (including phenoxy) is 2. The van der Waals surface area contributed by atoms with E-state index in [1.807, 2.05) is 45.9 Å². The van der Waals surface area contributed by atoms with Gasteiger partial charge in [-0.1, -0.05) is 18.2 Å². The summed E-state index contributed by atoms with van der Waals surface area (Å²) in [5.74, 6) is -0.206. The van der Waals surface area contributed by atoms with Gasteiger partial charge in [0.2, 0.25) is 5.91 Å². The predicted molar refractivity (Wildman–Crippen MR) is 95.7 cm³/mol. The summed E-state index contributed by atoms with van der Waals surface area (Å²) in [4.78, 5) is 24.0. The predicted octanol–water partition coefficient (Wildman–Crippen LogP) is 2.06. The van der Waals surface area contributed by atoms with Crippen LogP contribution in [0.15, 0.2) is 24.3 Å². The third-order valence-corrected chi connectivity index (χ3v) is 4.31. The molecule has 0 aromatic heterocycles. The molecule has 2 aliphatic rings. The SMILES string of the molecule is CC=C[C@@H]1C[C@H](C(=O)OC(C)(C)C)N[C@@H]1CC1(NC(C)=O)C=CCO1. The fourth-order valence-corrected chi connectivity index (χ4v) is 3.46. The van der Waals surface area contributed by atoms with Crippen molar-refractivity contribution >= 4 is 11.9 Å². The van der Waals surface area contributed by atoms with E-state index in [-0.39, 0.29) is 29.9 Å². The number of amides is 1. The van der Waals surface area contributed by atoms with Gasteiger partial charge in [-0.25, -0.2) is 0 Å². The van der Waals surface area contributed by atoms with Gasteiger partial charge < -0.3 is 20.1 Å². The molecule has 1 unspecified atom stereocenters. The van der Waals surface area contributed by atoms with Crippen molar-refractivity contribution in [3.8, 4) is 0 Å². The average Bonchev–Trinajstić information content (AvgIpc) is 3.05. The molecule has 0 aromatic carbocycles. The van der Waals surface area contributed by atoms with Crippen LogP contribution >= 0.6 is 0 Å². The second kappa shape index (κ2) is 7.70. The van der Waals surface area contributed by atoms with Crippen LogP contribution in [0.5, 0.6) is 0 Å². The molecule has 6 heteroatoms. The smallest absolute Gasteiger partial charge is 0.323 e. The number of hydrogen-bond donors (Lipinski definition) is 2. The molecule has 0 aliphatic carbocycles. The van der Waals surface area contributed by atoms with E-state index in [4.69, 9.17) is 9.47 Å². The van der Waals surface area contributed by atoms with Crippen molar-refractivity contribution in [1.29, 1.82) is 0 Å². The zero-order valence-electron chi connectivity index (χ0n) is 15.8. The van der Waals surface area contributed by atoms with E-state index in [2.05, 4.69) is 16.7 Å². The van der Waals surface area contributed by atoms with Crippen LogP contribution in [0.2, 0.25) is 0 Å². The van der Waals surface area contributed by atoms with E-state index < -0.39 is 11.3 Å². The van der Waals surface area contributed by atoms with Crippen LogP contribution < -0.4 is 10.6 Å². The van der Waals surface area contributed by atoms with Crippen LogP contribution in [0.3, 0.4) is 0 Å². The van der Waals surface area contributed by atoms with Crippen LogP contribution in [0.25, 0.3) is 0 Å². The lowest BCUT2D eigenvalue weighted by Gasteiger charge is -2.32. The summed E-state index contributed by atoms with van der Waals surface area (Å²) in [6.45, 7) is 9.51. The highest BCUT2D eigenvalue weighted by Gasteiger charge is 2.43. The Bertz CT molecular complexity index is 564. The fraction of sp³-hybridized carbons (Fsp3) is 0.684. The lowest BCUT2D eigenvalue weighted by atomic mass is 9.92. The molecule has 6 nitrogen and oxygen atoms in total. The second-order valence-corrected chi connectivity index (χ2v) is 7.77. The molecule has 1 saturated heterocycles. The number of nitrogens with one attached hydrogen (secondary N) is 2. The molecule has 25 heavy (non-hydrogen) atoms. The summed E-state index contributed by atoms with van der Waals surface area (Å²) < 4.78 is 11.3. The summed E-state index contributed by atoms with van der Waals surface area (Å²) in [5, 5.41) is 6.28. The Morgan fingerprint density at radius 3 is 2.68 bits per heavy atom. The van der Waals surface area contributed by atoms with Gasteiger partial charge in [-0.05, 0) is 46.1 Å². The van der Waals surface area contributed by atoms with Gasteiger partial charge in [-0.2, -0.15) is 0 Å². The zero-order chi connectivity index (χ0) is 18.7. The summed E-state index contributed by atoms with van der Waals surface area (Å²) >= 11 is 0. The van der Waals surface area contributed by atoms with Crippen molar-refractivity contribution in [3.63, 3.8) is 0 Å². The maximum Gasteiger partial charge on any atom is 0.323 e. The first-order valence-electron chi connectivity index (χ1n) is 8.86. The van der Waals surface area contributed by atoms with Gasteiger partial charge in [0, 0.05) is 19.4 Å². The van der Waals surface area contributed by atoms with Crippen molar-refractivity contribution in [2.24, 2.45) is 5.92 Å². The van der Waals surface area contributed by atoms with Gasteiger partial charge in [0.15, 0.2) is 5.72 Å². The Morgan fingerprint density at radius 1 is 1.44 bits per heavy atom. The molecule has 1 fully saturated rings. The van der Waals surface area contributed by atoms with E-state index >= 15 is 0 Å². The summed E-state index contributed by atoms with van der Waals surface area (Å²) in [6, 6.07) is -0.353. The number of carbonyl (C=O) groups excluding carboxylic acids is 2. The monoisotopic (exact) mass is 350 g/mol. The van der Waals surface area contributed by atoms with Crippen molar-refractivity contribution in [2.45, 2.75) is 70.9 Å². The molecule has 0 radical (unpaired) electrons. The molecule has 2 rings (SSSR count). The maximum atomic E-state index is 12.4. The Hall–Kier alpha value is -1.66. The largest absolute Gasteiger partial charge is 0.459 e. The van der Waals surface area contributed by atoms with E-state index in [9.17, 15) is 9.59 Å². The minimum atomic E-state index is -0.813. The molecular formula is C19H30N2O4. The van der Waals surface area contributed by atoms with Crippen LogP contribution in [0.4, 0.5) is 0 Å². The molecule has 0 aromatic rings. The van der Waals surface area contributed by atoms with E-state index in [1.165, 1.54) is 6.92 Å². The lowest BCUT2D eigenvalue weighted by Crippen LogP contribution is -2.51. The maximum absolute atomic E-state index is 12.4. The van der Waals surface area contributed by atoms with E-state index in [0.717, 1.165) is 0 Å². The minimum Gasteiger partial charge on any atom is -0.459 e. The number of hydrogen-bond acceptors (Lipinski definition) is 5. The Labute approximate surface area is 150 Å². The van der Waals surface area contributed by atoms with Crippen molar-refractivity contribution in [3.05, 3.63) is 24.3 Å². The highest BCUT2D eigenvalue weighted by Crippen LogP contribution is 2.32. The first-order valence-corrected chi connectivity index (χ1v) is 8.86. The number of rotatable bonds is 5. The minimum absolute atomic E-state index is 0.00307. The Morgan fingerprint density at radius 2 is 2.16 bits per heavy atom. The highest BCUT2D eigenvalue weighted by atomic mass is 16.6. The summed E-state index contributed by atoms with van der Waals surface area (Å²) in [6.07, 6.45) is 9.11. The van der Waals surface area contributed by atoms with Gasteiger partial charge in [-0.15, -0.1) is 0 Å². The highest BCUT2D eigenvalue weighted by molar-refractivity contribution is 5.77. The third kappa shape index (κ3) is 5.41. The quantitative estimate of drug-likeness (QED) is 0.586. The van der Waals surface area contributed by atoms with Gasteiger partial charge in [-0.3, -0.25) is 9.59 Å². The van der Waals surface area contributed by atoms with E-state index in [0.29, 0.717) is 19.4 Å². The summed E-state index contributed by atoms with van der Waals surface area (Å²) in [5.41, 5.74) is -1.33. The van der Waals surface area contributed by atoms with Crippen LogP contribution in [-0.4, -0.2) is 41.9 Å². The van der Waals surface area contributed by atoms with Crippen molar-refractivity contribution in [1.82, 2.24) is 10.6 Å². The molecule has 4 atom stereocenters. The molecular weight excluding hydrogens is 320 g/mol. The van der Waals surface area contributed by atoms with Crippen molar-refractivity contribution in [2.75, 3.05) is 6.61 Å². The van der Waals surface area contributed by atoms with E-state index in [1.54, 1.807) is 0 Å². The Balaban J connectivity index is 2.11. The molecule has 0 bridgehead atoms. The van der Waals surface area contributed by atoms with Gasteiger partial charge in [0.05, 0.1) is 6.61 Å². The van der Waals surface area contributed by atoms with Crippen LogP contribution in [0.1, 0.15) is 47.5 Å².